The zero-order valence-corrected chi connectivity index (χ0v) is 13.3. The highest BCUT2D eigenvalue weighted by molar-refractivity contribution is 6.31. The van der Waals surface area contributed by atoms with Gasteiger partial charge in [-0.05, 0) is 24.3 Å². The third kappa shape index (κ3) is 3.54. The molecule has 0 saturated heterocycles. The van der Waals surface area contributed by atoms with Gasteiger partial charge >= 0.3 is 0 Å². The van der Waals surface area contributed by atoms with Crippen LogP contribution in [0.3, 0.4) is 0 Å². The van der Waals surface area contributed by atoms with E-state index in [1.165, 1.54) is 12.1 Å². The average Bonchev–Trinajstić information content (AvgIpc) is 2.55. The molecule has 0 saturated carbocycles. The summed E-state index contributed by atoms with van der Waals surface area (Å²) in [5, 5.41) is 3.24. The molecule has 2 rings (SSSR count). The number of hydrogen-bond donors (Lipinski definition) is 1. The minimum absolute atomic E-state index is 0.0734. The lowest BCUT2D eigenvalue weighted by Crippen LogP contribution is -2.03. The van der Waals surface area contributed by atoms with E-state index >= 15 is 0 Å². The van der Waals surface area contributed by atoms with Gasteiger partial charge in [0.25, 0.3) is 0 Å². The standard InChI is InChI=1S/C16H17ClFNO3/c1-20-14-8-16(22-3)15(21-2)6-10(14)9-19-11-4-5-13(18)12(17)7-11/h4-8,19H,9H2,1-3H3. The summed E-state index contributed by atoms with van der Waals surface area (Å²) in [4.78, 5) is 0. The largest absolute Gasteiger partial charge is 0.496 e. The predicted octanol–water partition coefficient (Wildman–Crippen LogP) is 4.12. The van der Waals surface area contributed by atoms with Crippen molar-refractivity contribution in [3.05, 3.63) is 46.7 Å². The Kier molecular flexibility index (Phi) is 5.33. The van der Waals surface area contributed by atoms with E-state index in [1.54, 1.807) is 33.5 Å². The van der Waals surface area contributed by atoms with Crippen LogP contribution in [-0.4, -0.2) is 21.3 Å². The minimum atomic E-state index is -0.448. The maximum absolute atomic E-state index is 13.2. The van der Waals surface area contributed by atoms with Crippen LogP contribution in [0, 0.1) is 5.82 Å². The molecule has 1 N–H and O–H groups in total. The van der Waals surface area contributed by atoms with Crippen molar-refractivity contribution in [2.75, 3.05) is 26.6 Å². The van der Waals surface area contributed by atoms with Crippen molar-refractivity contribution in [3.63, 3.8) is 0 Å². The SMILES string of the molecule is COc1cc(OC)c(OC)cc1CNc1ccc(F)c(Cl)c1. The van der Waals surface area contributed by atoms with Gasteiger partial charge in [-0.3, -0.25) is 0 Å². The predicted molar refractivity (Wildman–Crippen MR) is 84.8 cm³/mol. The van der Waals surface area contributed by atoms with Crippen LogP contribution in [0.2, 0.25) is 5.02 Å². The second-order valence-corrected chi connectivity index (χ2v) is 4.91. The summed E-state index contributed by atoms with van der Waals surface area (Å²) in [5.74, 6) is 1.42. The first-order valence-corrected chi connectivity index (χ1v) is 6.94. The van der Waals surface area contributed by atoms with Gasteiger partial charge in [0.1, 0.15) is 11.6 Å². The van der Waals surface area contributed by atoms with E-state index in [9.17, 15) is 4.39 Å². The molecule has 2 aromatic rings. The first-order chi connectivity index (χ1) is 10.6. The molecule has 6 heteroatoms. The van der Waals surface area contributed by atoms with Crippen LogP contribution in [-0.2, 0) is 6.54 Å². The number of methoxy groups -OCH3 is 3. The molecule has 0 aliphatic carbocycles. The van der Waals surface area contributed by atoms with Gasteiger partial charge in [0.15, 0.2) is 11.5 Å². The Hall–Kier alpha value is -2.14. The zero-order valence-electron chi connectivity index (χ0n) is 12.6. The van der Waals surface area contributed by atoms with Gasteiger partial charge in [-0.25, -0.2) is 4.39 Å². The quantitative estimate of drug-likeness (QED) is 0.867. The lowest BCUT2D eigenvalue weighted by molar-refractivity contribution is 0.347. The highest BCUT2D eigenvalue weighted by Gasteiger charge is 2.12. The number of hydrogen-bond acceptors (Lipinski definition) is 4. The molecule has 22 heavy (non-hydrogen) atoms. The van der Waals surface area contributed by atoms with Crippen LogP contribution >= 0.6 is 11.6 Å². The van der Waals surface area contributed by atoms with Gasteiger partial charge in [0.05, 0.1) is 26.4 Å². The number of halogens is 2. The van der Waals surface area contributed by atoms with Crippen LogP contribution in [0.1, 0.15) is 5.56 Å². The molecule has 0 unspecified atom stereocenters. The zero-order chi connectivity index (χ0) is 16.1. The summed E-state index contributed by atoms with van der Waals surface area (Å²) in [6, 6.07) is 8.05. The van der Waals surface area contributed by atoms with E-state index in [4.69, 9.17) is 25.8 Å². The van der Waals surface area contributed by atoms with Crippen LogP contribution < -0.4 is 19.5 Å². The fourth-order valence-corrected chi connectivity index (χ4v) is 2.21. The Bertz CT molecular complexity index is 664. The van der Waals surface area contributed by atoms with Gasteiger partial charge in [-0.15, -0.1) is 0 Å². The van der Waals surface area contributed by atoms with E-state index in [2.05, 4.69) is 5.32 Å². The molecule has 0 aliphatic rings. The third-order valence-corrected chi connectivity index (χ3v) is 3.48. The Morgan fingerprint density at radius 1 is 0.955 bits per heavy atom. The molecule has 0 bridgehead atoms. The Labute approximate surface area is 133 Å². The number of rotatable bonds is 6. The lowest BCUT2D eigenvalue weighted by atomic mass is 10.1. The summed E-state index contributed by atoms with van der Waals surface area (Å²) in [5.41, 5.74) is 1.59. The molecule has 4 nitrogen and oxygen atoms in total. The minimum Gasteiger partial charge on any atom is -0.496 e. The van der Waals surface area contributed by atoms with Crippen molar-refractivity contribution in [1.29, 1.82) is 0 Å². The Morgan fingerprint density at radius 2 is 1.59 bits per heavy atom. The number of ether oxygens (including phenoxy) is 3. The van der Waals surface area contributed by atoms with Crippen LogP contribution in [0.25, 0.3) is 0 Å². The molecule has 118 valence electrons. The maximum atomic E-state index is 13.2. The molecular formula is C16H17ClFNO3. The van der Waals surface area contributed by atoms with Crippen LogP contribution in [0.5, 0.6) is 17.2 Å². The molecule has 0 aromatic heterocycles. The normalized spacial score (nSPS) is 10.2. The topological polar surface area (TPSA) is 39.7 Å². The van der Waals surface area contributed by atoms with Crippen molar-refractivity contribution in [3.8, 4) is 17.2 Å². The molecule has 0 spiro atoms. The van der Waals surface area contributed by atoms with E-state index < -0.39 is 5.82 Å². The summed E-state index contributed by atoms with van der Waals surface area (Å²) >= 11 is 5.77. The van der Waals surface area contributed by atoms with Crippen LogP contribution in [0.15, 0.2) is 30.3 Å². The van der Waals surface area contributed by atoms with Crippen molar-refractivity contribution in [1.82, 2.24) is 0 Å². The van der Waals surface area contributed by atoms with Crippen LogP contribution in [0.4, 0.5) is 10.1 Å². The monoisotopic (exact) mass is 325 g/mol. The highest BCUT2D eigenvalue weighted by Crippen LogP contribution is 2.35. The summed E-state index contributed by atoms with van der Waals surface area (Å²) in [7, 11) is 4.72. The van der Waals surface area contributed by atoms with Gasteiger partial charge in [0, 0.05) is 23.9 Å². The second-order valence-electron chi connectivity index (χ2n) is 4.50. The van der Waals surface area contributed by atoms with Crippen molar-refractivity contribution >= 4 is 17.3 Å². The fraction of sp³-hybridized carbons (Fsp3) is 0.250. The molecule has 2 aromatic carbocycles. The first-order valence-electron chi connectivity index (χ1n) is 6.56. The summed E-state index contributed by atoms with van der Waals surface area (Å²) in [6.07, 6.45) is 0. The Balaban J connectivity index is 2.22. The molecule has 0 fully saturated rings. The smallest absolute Gasteiger partial charge is 0.164 e. The fourth-order valence-electron chi connectivity index (χ4n) is 2.03. The first kappa shape index (κ1) is 16.2. The molecule has 0 amide bonds. The molecular weight excluding hydrogens is 309 g/mol. The number of nitrogens with one attached hydrogen (secondary N) is 1. The van der Waals surface area contributed by atoms with Gasteiger partial charge < -0.3 is 19.5 Å². The number of benzene rings is 2. The van der Waals surface area contributed by atoms with E-state index in [0.29, 0.717) is 29.5 Å². The lowest BCUT2D eigenvalue weighted by Gasteiger charge is -2.15. The van der Waals surface area contributed by atoms with E-state index in [-0.39, 0.29) is 5.02 Å². The molecule has 0 heterocycles. The van der Waals surface area contributed by atoms with Crippen molar-refractivity contribution in [2.45, 2.75) is 6.54 Å². The van der Waals surface area contributed by atoms with Crippen molar-refractivity contribution in [2.24, 2.45) is 0 Å². The highest BCUT2D eigenvalue weighted by atomic mass is 35.5. The van der Waals surface area contributed by atoms with Gasteiger partial charge in [-0.1, -0.05) is 11.6 Å². The number of anilines is 1. The second kappa shape index (κ2) is 7.22. The van der Waals surface area contributed by atoms with Gasteiger partial charge in [0.2, 0.25) is 0 Å². The molecule has 0 atom stereocenters. The maximum Gasteiger partial charge on any atom is 0.164 e. The third-order valence-electron chi connectivity index (χ3n) is 3.19. The Morgan fingerprint density at radius 3 is 2.18 bits per heavy atom. The summed E-state index contributed by atoms with van der Waals surface area (Å²) in [6.45, 7) is 0.464. The molecule has 0 aliphatic heterocycles. The van der Waals surface area contributed by atoms with Crippen molar-refractivity contribution < 1.29 is 18.6 Å². The van der Waals surface area contributed by atoms with E-state index in [1.807, 2.05) is 6.07 Å². The average molecular weight is 326 g/mol. The summed E-state index contributed by atoms with van der Waals surface area (Å²) < 4.78 is 29.0. The van der Waals surface area contributed by atoms with E-state index in [0.717, 1.165) is 5.56 Å². The van der Waals surface area contributed by atoms with Gasteiger partial charge in [-0.2, -0.15) is 0 Å². The molecule has 0 radical (unpaired) electrons.